The van der Waals surface area contributed by atoms with Crippen molar-refractivity contribution >= 4 is 35.2 Å². The third-order valence-corrected chi connectivity index (χ3v) is 4.57. The summed E-state index contributed by atoms with van der Waals surface area (Å²) in [6, 6.07) is 5.50. The van der Waals surface area contributed by atoms with Crippen LogP contribution in [0.2, 0.25) is 10.0 Å². The fraction of sp³-hybridized carbons (Fsp3) is 0.200. The Morgan fingerprint density at radius 3 is 2.62 bits per heavy atom. The van der Waals surface area contributed by atoms with Gasteiger partial charge in [0.2, 0.25) is 0 Å². The van der Waals surface area contributed by atoms with Crippen molar-refractivity contribution in [2.45, 2.75) is 27.7 Å². The number of aryl methyl sites for hydroxylation is 1. The summed E-state index contributed by atoms with van der Waals surface area (Å²) in [7, 11) is 0. The van der Waals surface area contributed by atoms with Crippen LogP contribution in [0.1, 0.15) is 25.1 Å². The smallest absolute Gasteiger partial charge is 0.176 e. The molecule has 0 aliphatic carbocycles. The third-order valence-electron chi connectivity index (χ3n) is 3.75. The second-order valence-corrected chi connectivity index (χ2v) is 6.05. The minimum absolute atomic E-state index is 0.477. The normalized spacial score (nSPS) is 10.7. The van der Waals surface area contributed by atoms with Gasteiger partial charge in [0, 0.05) is 29.1 Å². The molecule has 1 N–H and O–H groups in total. The predicted octanol–water partition coefficient (Wildman–Crippen LogP) is 7.17. The summed E-state index contributed by atoms with van der Waals surface area (Å²) in [5.41, 5.74) is 4.17. The lowest BCUT2D eigenvalue weighted by Gasteiger charge is -2.06. The van der Waals surface area contributed by atoms with Crippen LogP contribution in [0.3, 0.4) is 0 Å². The number of nitrogens with one attached hydrogen (secondary N) is 1. The molecule has 0 atom stereocenters. The van der Waals surface area contributed by atoms with Gasteiger partial charge in [-0.1, -0.05) is 67.0 Å². The van der Waals surface area contributed by atoms with Crippen LogP contribution in [0, 0.1) is 13.8 Å². The van der Waals surface area contributed by atoms with Crippen LogP contribution in [0.25, 0.3) is 22.5 Å². The van der Waals surface area contributed by atoms with Crippen molar-refractivity contribution in [2.75, 3.05) is 0 Å². The largest absolute Gasteiger partial charge is 0.355 e. The maximum atomic E-state index is 6.39. The molecule has 0 amide bonds. The molecular weight excluding hydrogens is 369 g/mol. The summed E-state index contributed by atoms with van der Waals surface area (Å²) >= 11 is 12.5. The average molecular weight is 390 g/mol. The summed E-state index contributed by atoms with van der Waals surface area (Å²) in [4.78, 5) is 7.43. The van der Waals surface area contributed by atoms with Crippen molar-refractivity contribution in [1.82, 2.24) is 10.1 Å². The molecular formula is C20H21Cl2N3O. The number of aromatic nitrogens is 2. The highest BCUT2D eigenvalue weighted by molar-refractivity contribution is 6.43. The highest BCUT2D eigenvalue weighted by Gasteiger charge is 2.22. The van der Waals surface area contributed by atoms with Gasteiger partial charge in [0.15, 0.2) is 5.76 Å². The Hall–Kier alpha value is -2.30. The standard InChI is InChI=1S/C18H15Cl2N3O.C2H6/c1-4-8-21-18-10(2)13(9-22-18)17-15(11(3)23-24-17)12-6-5-7-14(19)16(12)20;1-2/h4-9,22H,1H2,2-3H3;1-2H3/b21-8-;. The lowest BCUT2D eigenvalue weighted by atomic mass is 9.99. The van der Waals surface area contributed by atoms with Gasteiger partial charge in [-0.3, -0.25) is 0 Å². The number of H-pyrrole nitrogens is 1. The van der Waals surface area contributed by atoms with Crippen molar-refractivity contribution in [3.8, 4) is 22.5 Å². The Morgan fingerprint density at radius 1 is 1.19 bits per heavy atom. The van der Waals surface area contributed by atoms with Crippen molar-refractivity contribution in [3.05, 3.63) is 58.4 Å². The first-order valence-corrected chi connectivity index (χ1v) is 9.04. The van der Waals surface area contributed by atoms with Gasteiger partial charge in [0.1, 0.15) is 5.82 Å². The molecule has 0 aliphatic heterocycles. The second kappa shape index (κ2) is 8.88. The zero-order chi connectivity index (χ0) is 19.3. The number of aromatic amines is 1. The lowest BCUT2D eigenvalue weighted by Crippen LogP contribution is -1.85. The molecule has 0 spiro atoms. The lowest BCUT2D eigenvalue weighted by molar-refractivity contribution is 0.427. The number of rotatable bonds is 4. The van der Waals surface area contributed by atoms with Crippen LogP contribution >= 0.6 is 23.2 Å². The molecule has 0 unspecified atom stereocenters. The molecule has 2 aromatic heterocycles. The van der Waals surface area contributed by atoms with E-state index in [1.54, 1.807) is 18.4 Å². The zero-order valence-electron chi connectivity index (χ0n) is 15.2. The monoisotopic (exact) mass is 389 g/mol. The molecule has 0 saturated heterocycles. The summed E-state index contributed by atoms with van der Waals surface area (Å²) < 4.78 is 5.59. The van der Waals surface area contributed by atoms with E-state index in [0.717, 1.165) is 33.8 Å². The van der Waals surface area contributed by atoms with Crippen molar-refractivity contribution in [3.63, 3.8) is 0 Å². The maximum Gasteiger partial charge on any atom is 0.176 e. The first-order valence-electron chi connectivity index (χ1n) is 8.28. The zero-order valence-corrected chi connectivity index (χ0v) is 16.7. The van der Waals surface area contributed by atoms with E-state index >= 15 is 0 Å². The Labute approximate surface area is 163 Å². The number of aliphatic imine (C=N–C) groups is 1. The first-order chi connectivity index (χ1) is 12.5. The Morgan fingerprint density at radius 2 is 1.92 bits per heavy atom. The molecule has 3 rings (SSSR count). The van der Waals surface area contributed by atoms with Crippen LogP contribution in [-0.4, -0.2) is 16.4 Å². The first kappa shape index (κ1) is 20.0. The van der Waals surface area contributed by atoms with Gasteiger partial charge in [-0.15, -0.1) is 0 Å². The Bertz CT molecular complexity index is 939. The van der Waals surface area contributed by atoms with E-state index in [0.29, 0.717) is 15.8 Å². The number of benzene rings is 1. The number of allylic oxidation sites excluding steroid dienone is 1. The molecule has 0 radical (unpaired) electrons. The van der Waals surface area contributed by atoms with Crippen LogP contribution in [-0.2, 0) is 0 Å². The van der Waals surface area contributed by atoms with Crippen LogP contribution < -0.4 is 0 Å². The molecule has 0 aliphatic rings. The van der Waals surface area contributed by atoms with Crippen molar-refractivity contribution in [2.24, 2.45) is 4.99 Å². The summed E-state index contributed by atoms with van der Waals surface area (Å²) in [5.74, 6) is 1.37. The number of hydrogen-bond donors (Lipinski definition) is 1. The molecule has 2 heterocycles. The third kappa shape index (κ3) is 3.76. The molecule has 26 heavy (non-hydrogen) atoms. The van der Waals surface area contributed by atoms with E-state index in [1.807, 2.05) is 46.0 Å². The van der Waals surface area contributed by atoms with Gasteiger partial charge in [0.05, 0.1) is 21.3 Å². The summed E-state index contributed by atoms with van der Waals surface area (Å²) in [5, 5.41) is 5.07. The van der Waals surface area contributed by atoms with E-state index in [2.05, 4.69) is 21.7 Å². The van der Waals surface area contributed by atoms with Crippen molar-refractivity contribution in [1.29, 1.82) is 0 Å². The number of halogens is 2. The quantitative estimate of drug-likeness (QED) is 0.480. The highest BCUT2D eigenvalue weighted by Crippen LogP contribution is 2.42. The molecule has 136 valence electrons. The average Bonchev–Trinajstić information content (AvgIpc) is 3.20. The van der Waals surface area contributed by atoms with Gasteiger partial charge < -0.3 is 9.51 Å². The highest BCUT2D eigenvalue weighted by atomic mass is 35.5. The van der Waals surface area contributed by atoms with Gasteiger partial charge in [-0.2, -0.15) is 0 Å². The van der Waals surface area contributed by atoms with Gasteiger partial charge in [0.25, 0.3) is 0 Å². The molecule has 0 saturated carbocycles. The fourth-order valence-electron chi connectivity index (χ4n) is 2.55. The minimum Gasteiger partial charge on any atom is -0.355 e. The Balaban J connectivity index is 0.00000117. The van der Waals surface area contributed by atoms with Gasteiger partial charge >= 0.3 is 0 Å². The van der Waals surface area contributed by atoms with Crippen LogP contribution in [0.5, 0.6) is 0 Å². The van der Waals surface area contributed by atoms with E-state index in [9.17, 15) is 0 Å². The maximum absolute atomic E-state index is 6.39. The summed E-state index contributed by atoms with van der Waals surface area (Å²) in [6.45, 7) is 11.5. The van der Waals surface area contributed by atoms with E-state index in [-0.39, 0.29) is 0 Å². The number of hydrogen-bond acceptors (Lipinski definition) is 3. The second-order valence-electron chi connectivity index (χ2n) is 5.26. The molecule has 0 fully saturated rings. The molecule has 1 aromatic carbocycles. The number of nitrogens with zero attached hydrogens (tertiary/aromatic N) is 2. The van der Waals surface area contributed by atoms with Crippen molar-refractivity contribution < 1.29 is 4.52 Å². The molecule has 6 heteroatoms. The predicted molar refractivity (Wildman–Crippen MR) is 111 cm³/mol. The van der Waals surface area contributed by atoms with Gasteiger partial charge in [-0.25, -0.2) is 4.99 Å². The van der Waals surface area contributed by atoms with Gasteiger partial charge in [-0.05, 0) is 19.9 Å². The van der Waals surface area contributed by atoms with E-state index < -0.39 is 0 Å². The molecule has 3 aromatic rings. The van der Waals surface area contributed by atoms with E-state index in [4.69, 9.17) is 27.7 Å². The minimum atomic E-state index is 0.477. The van der Waals surface area contributed by atoms with Crippen LogP contribution in [0.15, 0.2) is 46.6 Å². The topological polar surface area (TPSA) is 54.2 Å². The SMILES string of the molecule is C=C/C=N\c1[nH]cc(-c2onc(C)c2-c2cccc(Cl)c2Cl)c1C.CC. The molecule has 0 bridgehead atoms. The fourth-order valence-corrected chi connectivity index (χ4v) is 2.94. The summed E-state index contributed by atoms with van der Waals surface area (Å²) in [6.07, 6.45) is 5.09. The Kier molecular flexibility index (Phi) is 6.83. The van der Waals surface area contributed by atoms with E-state index in [1.165, 1.54) is 0 Å². The molecule has 4 nitrogen and oxygen atoms in total. The van der Waals surface area contributed by atoms with Crippen LogP contribution in [0.4, 0.5) is 5.82 Å².